The maximum absolute atomic E-state index is 13.6. The highest BCUT2D eigenvalue weighted by atomic mass is 16.5. The van der Waals surface area contributed by atoms with Crippen molar-refractivity contribution >= 4 is 29.1 Å². The van der Waals surface area contributed by atoms with Crippen molar-refractivity contribution in [2.45, 2.75) is 6.42 Å². The fourth-order valence-corrected chi connectivity index (χ4v) is 4.26. The molecule has 0 heterocycles. The van der Waals surface area contributed by atoms with Crippen LogP contribution in [0.15, 0.2) is 48.0 Å². The Morgan fingerprint density at radius 1 is 0.833 bits per heavy atom. The van der Waals surface area contributed by atoms with Crippen LogP contribution in [0.3, 0.4) is 0 Å². The largest absolute Gasteiger partial charge is 0.497 e. The third-order valence-corrected chi connectivity index (χ3v) is 5.66. The minimum atomic E-state index is -2.08. The van der Waals surface area contributed by atoms with Crippen LogP contribution in [0.5, 0.6) is 5.75 Å². The zero-order chi connectivity index (χ0) is 21.6. The topological polar surface area (TPSA) is 96.0 Å². The smallest absolute Gasteiger partial charge is 0.328 e. The summed E-state index contributed by atoms with van der Waals surface area (Å²) in [7, 11) is 3.73. The van der Waals surface area contributed by atoms with Gasteiger partial charge in [0.15, 0.2) is 17.0 Å². The highest BCUT2D eigenvalue weighted by Crippen LogP contribution is 2.50. The van der Waals surface area contributed by atoms with E-state index in [4.69, 9.17) is 14.2 Å². The average Bonchev–Trinajstić information content (AvgIpc) is 2.79. The normalized spacial score (nSPS) is 16.2. The molecule has 0 radical (unpaired) electrons. The van der Waals surface area contributed by atoms with Crippen LogP contribution in [0.1, 0.15) is 31.8 Å². The molecule has 7 nitrogen and oxygen atoms in total. The predicted octanol–water partition coefficient (Wildman–Crippen LogP) is 2.42. The number of methoxy groups -OCH3 is 3. The fraction of sp³-hybridized carbons (Fsp3) is 0.217. The van der Waals surface area contributed by atoms with Gasteiger partial charge in [-0.1, -0.05) is 30.3 Å². The SMILES string of the molecule is COC(=O)C1(C(=O)OC)Cc2ccc(OC)cc2C2=C1C(=O)c1ccccc1C2=O. The van der Waals surface area contributed by atoms with Gasteiger partial charge in [-0.3, -0.25) is 19.2 Å². The molecule has 7 heteroatoms. The van der Waals surface area contributed by atoms with Crippen molar-refractivity contribution in [2.75, 3.05) is 21.3 Å². The molecule has 0 spiro atoms. The molecule has 0 N–H and O–H groups in total. The Labute approximate surface area is 172 Å². The average molecular weight is 406 g/mol. The van der Waals surface area contributed by atoms with Crippen molar-refractivity contribution in [3.63, 3.8) is 0 Å². The molecule has 0 aliphatic heterocycles. The second kappa shape index (κ2) is 6.95. The van der Waals surface area contributed by atoms with Gasteiger partial charge in [0.25, 0.3) is 0 Å². The van der Waals surface area contributed by atoms with Crippen LogP contribution in [0.2, 0.25) is 0 Å². The number of allylic oxidation sites excluding steroid dienone is 1. The summed E-state index contributed by atoms with van der Waals surface area (Å²) in [6.45, 7) is 0. The zero-order valence-corrected chi connectivity index (χ0v) is 16.6. The van der Waals surface area contributed by atoms with Crippen LogP contribution in [0, 0.1) is 5.41 Å². The van der Waals surface area contributed by atoms with E-state index >= 15 is 0 Å². The van der Waals surface area contributed by atoms with E-state index in [1.54, 1.807) is 36.4 Å². The van der Waals surface area contributed by atoms with Crippen LogP contribution >= 0.6 is 0 Å². The van der Waals surface area contributed by atoms with Crippen molar-refractivity contribution < 1.29 is 33.4 Å². The number of carbonyl (C=O) groups is 4. The summed E-state index contributed by atoms with van der Waals surface area (Å²) in [6.07, 6.45) is -0.175. The molecule has 4 rings (SSSR count). The Kier molecular flexibility index (Phi) is 4.53. The predicted molar refractivity (Wildman–Crippen MR) is 105 cm³/mol. The lowest BCUT2D eigenvalue weighted by atomic mass is 9.62. The standard InChI is InChI=1S/C23H18O7/c1-28-13-9-8-12-11-23(21(26)29-2,22(27)30-3)18-17(16(12)10-13)19(24)14-6-4-5-7-15(14)20(18)25/h4-10H,11H2,1-3H3. The molecule has 0 atom stereocenters. The summed E-state index contributed by atoms with van der Waals surface area (Å²) in [5.74, 6) is -2.47. The van der Waals surface area contributed by atoms with Crippen LogP contribution in [-0.2, 0) is 25.5 Å². The number of ketones is 2. The number of Topliss-reactive ketones (excluding diaryl/α,β-unsaturated/α-hetero) is 2. The lowest BCUT2D eigenvalue weighted by molar-refractivity contribution is -0.165. The second-order valence-corrected chi connectivity index (χ2v) is 7.04. The van der Waals surface area contributed by atoms with Crippen molar-refractivity contribution in [1.29, 1.82) is 0 Å². The van der Waals surface area contributed by atoms with Crippen LogP contribution in [0.25, 0.3) is 5.57 Å². The van der Waals surface area contributed by atoms with E-state index in [0.29, 0.717) is 16.9 Å². The monoisotopic (exact) mass is 406 g/mol. The third-order valence-electron chi connectivity index (χ3n) is 5.66. The first-order valence-electron chi connectivity index (χ1n) is 9.18. The quantitative estimate of drug-likeness (QED) is 0.570. The number of carbonyl (C=O) groups excluding carboxylic acids is 4. The van der Waals surface area contributed by atoms with E-state index in [-0.39, 0.29) is 28.7 Å². The number of ether oxygens (including phenoxy) is 3. The minimum Gasteiger partial charge on any atom is -0.497 e. The number of rotatable bonds is 3. The van der Waals surface area contributed by atoms with E-state index < -0.39 is 28.9 Å². The number of esters is 2. The zero-order valence-electron chi connectivity index (χ0n) is 16.6. The van der Waals surface area contributed by atoms with Gasteiger partial charge in [-0.2, -0.15) is 0 Å². The van der Waals surface area contributed by atoms with Gasteiger partial charge in [-0.15, -0.1) is 0 Å². The molecule has 0 fully saturated rings. The molecule has 0 aromatic heterocycles. The lowest BCUT2D eigenvalue weighted by Gasteiger charge is -2.38. The van der Waals surface area contributed by atoms with Crippen LogP contribution in [0.4, 0.5) is 0 Å². The van der Waals surface area contributed by atoms with E-state index in [1.165, 1.54) is 13.2 Å². The van der Waals surface area contributed by atoms with E-state index in [2.05, 4.69) is 0 Å². The Morgan fingerprint density at radius 3 is 2.00 bits per heavy atom. The molecule has 30 heavy (non-hydrogen) atoms. The molecule has 0 saturated heterocycles. The maximum Gasteiger partial charge on any atom is 0.328 e. The van der Waals surface area contributed by atoms with Crippen LogP contribution in [-0.4, -0.2) is 44.8 Å². The van der Waals surface area contributed by atoms with Gasteiger partial charge in [0.05, 0.1) is 21.3 Å². The number of benzene rings is 2. The van der Waals surface area contributed by atoms with E-state index in [1.807, 2.05) is 0 Å². The van der Waals surface area contributed by atoms with Crippen LogP contribution < -0.4 is 4.74 Å². The Bertz CT molecular complexity index is 1140. The summed E-state index contributed by atoms with van der Waals surface area (Å²) in [6, 6.07) is 11.3. The van der Waals surface area contributed by atoms with Gasteiger partial charge in [0.2, 0.25) is 0 Å². The lowest BCUT2D eigenvalue weighted by Crippen LogP contribution is -2.50. The first-order valence-corrected chi connectivity index (χ1v) is 9.18. The van der Waals surface area contributed by atoms with Gasteiger partial charge < -0.3 is 14.2 Å². The molecular weight excluding hydrogens is 388 g/mol. The van der Waals surface area contributed by atoms with Gasteiger partial charge in [0, 0.05) is 28.7 Å². The third kappa shape index (κ3) is 2.45. The number of hydrogen-bond donors (Lipinski definition) is 0. The van der Waals surface area contributed by atoms with E-state index in [9.17, 15) is 19.2 Å². The Morgan fingerprint density at radius 2 is 1.43 bits per heavy atom. The van der Waals surface area contributed by atoms with Gasteiger partial charge in [-0.25, -0.2) is 0 Å². The number of fused-ring (bicyclic) bond motifs is 3. The Hall–Kier alpha value is -3.74. The van der Waals surface area contributed by atoms with Gasteiger partial charge in [0.1, 0.15) is 5.75 Å². The Balaban J connectivity index is 2.14. The molecule has 2 aliphatic rings. The number of hydrogen-bond acceptors (Lipinski definition) is 7. The molecule has 0 saturated carbocycles. The summed E-state index contributed by atoms with van der Waals surface area (Å²) in [5, 5.41) is 0. The van der Waals surface area contributed by atoms with Gasteiger partial charge in [-0.05, 0) is 23.3 Å². The molecule has 152 valence electrons. The van der Waals surface area contributed by atoms with Gasteiger partial charge >= 0.3 is 11.9 Å². The van der Waals surface area contributed by atoms with E-state index in [0.717, 1.165) is 14.2 Å². The molecule has 2 aromatic carbocycles. The summed E-state index contributed by atoms with van der Waals surface area (Å²) >= 11 is 0. The molecule has 0 amide bonds. The summed E-state index contributed by atoms with van der Waals surface area (Å²) < 4.78 is 15.1. The summed E-state index contributed by atoms with van der Waals surface area (Å²) in [4.78, 5) is 53.1. The fourth-order valence-electron chi connectivity index (χ4n) is 4.26. The first kappa shape index (κ1) is 19.6. The molecule has 0 bridgehead atoms. The molecular formula is C23H18O7. The molecule has 2 aliphatic carbocycles. The van der Waals surface area contributed by atoms with Crippen molar-refractivity contribution in [1.82, 2.24) is 0 Å². The summed E-state index contributed by atoms with van der Waals surface area (Å²) in [5.41, 5.74) is -0.988. The highest BCUT2D eigenvalue weighted by Gasteiger charge is 2.59. The van der Waals surface area contributed by atoms with Crippen molar-refractivity contribution in [2.24, 2.45) is 5.41 Å². The second-order valence-electron chi connectivity index (χ2n) is 7.04. The first-order chi connectivity index (χ1) is 14.4. The molecule has 2 aromatic rings. The van der Waals surface area contributed by atoms with Crippen molar-refractivity contribution in [3.05, 3.63) is 70.3 Å². The van der Waals surface area contributed by atoms with Crippen molar-refractivity contribution in [3.8, 4) is 5.75 Å². The molecule has 0 unspecified atom stereocenters. The minimum absolute atomic E-state index is 0.00495. The maximum atomic E-state index is 13.6. The highest BCUT2D eigenvalue weighted by molar-refractivity contribution is 6.43.